The Labute approximate surface area is 353 Å². The molecule has 6 heteroatoms. The van der Waals surface area contributed by atoms with Crippen molar-refractivity contribution in [2.24, 2.45) is 0 Å². The lowest BCUT2D eigenvalue weighted by atomic mass is 10.0. The van der Waals surface area contributed by atoms with E-state index in [0.29, 0.717) is 19.4 Å². The first-order valence-electron chi connectivity index (χ1n) is 24.4. The van der Waals surface area contributed by atoms with E-state index in [0.717, 1.165) is 83.5 Å². The first-order valence-corrected chi connectivity index (χ1v) is 24.4. The van der Waals surface area contributed by atoms with Crippen LogP contribution < -0.4 is 5.32 Å². The van der Waals surface area contributed by atoms with E-state index in [9.17, 15) is 19.8 Å². The Morgan fingerprint density at radius 1 is 0.491 bits per heavy atom. The van der Waals surface area contributed by atoms with Gasteiger partial charge in [-0.05, 0) is 89.9 Å². The molecule has 0 radical (unpaired) electrons. The van der Waals surface area contributed by atoms with Crippen molar-refractivity contribution in [3.8, 4) is 0 Å². The van der Waals surface area contributed by atoms with E-state index in [4.69, 9.17) is 4.74 Å². The highest BCUT2D eigenvalue weighted by atomic mass is 16.5. The van der Waals surface area contributed by atoms with Crippen molar-refractivity contribution >= 4 is 11.9 Å². The molecule has 0 aromatic carbocycles. The van der Waals surface area contributed by atoms with E-state index >= 15 is 0 Å². The van der Waals surface area contributed by atoms with Crippen molar-refractivity contribution in [1.29, 1.82) is 0 Å². The van der Waals surface area contributed by atoms with Gasteiger partial charge in [-0.25, -0.2) is 0 Å². The summed E-state index contributed by atoms with van der Waals surface area (Å²) in [7, 11) is 0. The van der Waals surface area contributed by atoms with Gasteiger partial charge in [0.05, 0.1) is 25.4 Å². The third kappa shape index (κ3) is 43.2. The molecular weight excluding hydrogens is 707 g/mol. The maximum absolute atomic E-state index is 12.4. The van der Waals surface area contributed by atoms with Gasteiger partial charge in [0.15, 0.2) is 0 Å². The van der Waals surface area contributed by atoms with Gasteiger partial charge < -0.3 is 20.3 Å². The van der Waals surface area contributed by atoms with Gasteiger partial charge in [-0.1, -0.05) is 184 Å². The third-order valence-electron chi connectivity index (χ3n) is 10.8. The van der Waals surface area contributed by atoms with Gasteiger partial charge >= 0.3 is 5.97 Å². The van der Waals surface area contributed by atoms with Crippen molar-refractivity contribution in [3.05, 3.63) is 48.6 Å². The lowest BCUT2D eigenvalue weighted by molar-refractivity contribution is -0.143. The molecule has 0 aromatic heterocycles. The molecule has 2 unspecified atom stereocenters. The molecule has 0 heterocycles. The van der Waals surface area contributed by atoms with Crippen LogP contribution in [-0.4, -0.2) is 47.4 Å². The zero-order chi connectivity index (χ0) is 41.5. The highest BCUT2D eigenvalue weighted by Gasteiger charge is 2.18. The highest BCUT2D eigenvalue weighted by Crippen LogP contribution is 2.14. The molecule has 332 valence electrons. The summed E-state index contributed by atoms with van der Waals surface area (Å²) in [5.41, 5.74) is 0. The predicted molar refractivity (Wildman–Crippen MR) is 245 cm³/mol. The molecule has 0 rings (SSSR count). The second-order valence-corrected chi connectivity index (χ2v) is 16.4. The summed E-state index contributed by atoms with van der Waals surface area (Å²) in [6.07, 6.45) is 56.7. The second-order valence-electron chi connectivity index (χ2n) is 16.4. The zero-order valence-corrected chi connectivity index (χ0v) is 37.6. The molecule has 3 N–H and O–H groups in total. The molecule has 0 aromatic rings. The van der Waals surface area contributed by atoms with Crippen LogP contribution in [-0.2, 0) is 14.3 Å². The molecule has 1 amide bonds. The number of carbonyl (C=O) groups is 2. The van der Waals surface area contributed by atoms with E-state index in [1.165, 1.54) is 128 Å². The molecule has 0 fully saturated rings. The quantitative estimate of drug-likeness (QED) is 0.0324. The van der Waals surface area contributed by atoms with Gasteiger partial charge in [-0.2, -0.15) is 0 Å². The summed E-state index contributed by atoms with van der Waals surface area (Å²) < 4.78 is 5.43. The lowest BCUT2D eigenvalue weighted by Crippen LogP contribution is -2.45. The first kappa shape index (κ1) is 54.8. The monoisotopic (exact) mass is 800 g/mol. The van der Waals surface area contributed by atoms with Crippen LogP contribution >= 0.6 is 0 Å². The van der Waals surface area contributed by atoms with Crippen LogP contribution in [0.2, 0.25) is 0 Å². The summed E-state index contributed by atoms with van der Waals surface area (Å²) in [4.78, 5) is 24.4. The molecule has 0 aliphatic carbocycles. The smallest absolute Gasteiger partial charge is 0.305 e. The van der Waals surface area contributed by atoms with Crippen molar-refractivity contribution in [3.63, 3.8) is 0 Å². The van der Waals surface area contributed by atoms with E-state index in [2.05, 4.69) is 55.6 Å². The molecule has 0 aliphatic rings. The van der Waals surface area contributed by atoms with Crippen molar-refractivity contribution < 1.29 is 24.5 Å². The molecule has 0 saturated carbocycles. The number of amides is 1. The van der Waals surface area contributed by atoms with E-state index in [-0.39, 0.29) is 18.5 Å². The van der Waals surface area contributed by atoms with Crippen LogP contribution in [0, 0.1) is 0 Å². The number of nitrogens with one attached hydrogen (secondary N) is 1. The number of esters is 1. The minimum atomic E-state index is -0.866. The Kier molecular flexibility index (Phi) is 44.7. The van der Waals surface area contributed by atoms with Gasteiger partial charge in [0.25, 0.3) is 0 Å². The maximum atomic E-state index is 12.4. The number of aliphatic hydroxyl groups is 2. The average Bonchev–Trinajstić information content (AvgIpc) is 3.21. The Morgan fingerprint density at radius 2 is 0.877 bits per heavy atom. The topological polar surface area (TPSA) is 95.9 Å². The van der Waals surface area contributed by atoms with Crippen LogP contribution in [0.3, 0.4) is 0 Å². The highest BCUT2D eigenvalue weighted by molar-refractivity contribution is 5.76. The predicted octanol–water partition coefficient (Wildman–Crippen LogP) is 14.3. The summed E-state index contributed by atoms with van der Waals surface area (Å²) in [6, 6.07) is -0.654. The molecule has 0 spiro atoms. The number of ether oxygens (including phenoxy) is 1. The van der Waals surface area contributed by atoms with Crippen molar-refractivity contribution in [2.45, 2.75) is 251 Å². The second kappa shape index (κ2) is 46.5. The SMILES string of the molecule is CCCCC/C=C\C/C=C\CCCCCCCCCC(=O)OCCCC/C=C\CCCCCCC(=O)NC(CO)C(O)/C=C/CCCCCCCCCCCCC. The largest absolute Gasteiger partial charge is 0.466 e. The number of allylic oxidation sites excluding steroid dienone is 7. The van der Waals surface area contributed by atoms with Gasteiger partial charge in [0.2, 0.25) is 5.91 Å². The summed E-state index contributed by atoms with van der Waals surface area (Å²) in [5.74, 6) is -0.154. The minimum Gasteiger partial charge on any atom is -0.466 e. The Morgan fingerprint density at radius 3 is 1.39 bits per heavy atom. The summed E-state index contributed by atoms with van der Waals surface area (Å²) in [6.45, 7) is 4.76. The number of hydrogen-bond donors (Lipinski definition) is 3. The fraction of sp³-hybridized carbons (Fsp3) is 0.804. The van der Waals surface area contributed by atoms with Crippen molar-refractivity contribution in [1.82, 2.24) is 5.32 Å². The van der Waals surface area contributed by atoms with Gasteiger partial charge in [-0.3, -0.25) is 9.59 Å². The summed E-state index contributed by atoms with van der Waals surface area (Å²) >= 11 is 0. The summed E-state index contributed by atoms with van der Waals surface area (Å²) in [5, 5.41) is 23.0. The fourth-order valence-electron chi connectivity index (χ4n) is 7.01. The third-order valence-corrected chi connectivity index (χ3v) is 10.8. The van der Waals surface area contributed by atoms with E-state index in [1.54, 1.807) is 6.08 Å². The standard InChI is InChI=1S/C51H93NO5/c1-3-5-7-9-11-13-15-17-18-19-20-22-24-29-33-37-41-45-51(56)57-46-42-38-34-30-26-25-28-32-36-40-44-50(55)52-48(47-53)49(54)43-39-35-31-27-23-21-16-14-12-10-8-6-4-2/h11,13,17-18,26,30,39,43,48-49,53-54H,3-10,12,14-16,19-25,27-29,31-38,40-42,44-47H2,1-2H3,(H,52,55)/b13-11-,18-17-,30-26-,43-39+. The van der Waals surface area contributed by atoms with E-state index < -0.39 is 12.1 Å². The Bertz CT molecular complexity index is 973. The Hall–Kier alpha value is -2.18. The van der Waals surface area contributed by atoms with Crippen LogP contribution in [0.15, 0.2) is 48.6 Å². The van der Waals surface area contributed by atoms with Crippen molar-refractivity contribution in [2.75, 3.05) is 13.2 Å². The van der Waals surface area contributed by atoms with Crippen LogP contribution in [0.4, 0.5) is 0 Å². The molecule has 2 atom stereocenters. The number of rotatable bonds is 44. The van der Waals surface area contributed by atoms with Gasteiger partial charge in [-0.15, -0.1) is 0 Å². The minimum absolute atomic E-state index is 0.0474. The number of aliphatic hydroxyl groups excluding tert-OH is 2. The number of unbranched alkanes of at least 4 members (excludes halogenated alkanes) is 27. The molecule has 6 nitrogen and oxygen atoms in total. The number of carbonyl (C=O) groups excluding carboxylic acids is 2. The fourth-order valence-corrected chi connectivity index (χ4v) is 7.01. The van der Waals surface area contributed by atoms with Crippen LogP contribution in [0.5, 0.6) is 0 Å². The number of hydrogen-bond acceptors (Lipinski definition) is 5. The van der Waals surface area contributed by atoms with Gasteiger partial charge in [0.1, 0.15) is 0 Å². The molecular formula is C51H93NO5. The van der Waals surface area contributed by atoms with Gasteiger partial charge in [0, 0.05) is 12.8 Å². The maximum Gasteiger partial charge on any atom is 0.305 e. The molecule has 57 heavy (non-hydrogen) atoms. The average molecular weight is 800 g/mol. The van der Waals surface area contributed by atoms with E-state index in [1.807, 2.05) is 6.08 Å². The van der Waals surface area contributed by atoms with Crippen LogP contribution in [0.1, 0.15) is 239 Å². The van der Waals surface area contributed by atoms with Crippen LogP contribution in [0.25, 0.3) is 0 Å². The first-order chi connectivity index (χ1) is 28.0. The Balaban J connectivity index is 3.57. The molecule has 0 aliphatic heterocycles. The normalized spacial score (nSPS) is 13.1. The molecule has 0 bridgehead atoms. The lowest BCUT2D eigenvalue weighted by Gasteiger charge is -2.20. The zero-order valence-electron chi connectivity index (χ0n) is 37.6. The molecule has 0 saturated heterocycles.